The second-order valence-corrected chi connectivity index (χ2v) is 5.56. The summed E-state index contributed by atoms with van der Waals surface area (Å²) in [4.78, 5) is 0. The molecule has 0 radical (unpaired) electrons. The first-order valence-electron chi connectivity index (χ1n) is 7.86. The summed E-state index contributed by atoms with van der Waals surface area (Å²) in [7, 11) is 0. The third-order valence-electron chi connectivity index (χ3n) is 4.38. The van der Waals surface area contributed by atoms with Crippen LogP contribution in [0.15, 0.2) is 48.5 Å². The van der Waals surface area contributed by atoms with E-state index in [2.05, 4.69) is 50.0 Å². The van der Waals surface area contributed by atoms with E-state index < -0.39 is 0 Å². The Kier molecular flexibility index (Phi) is 5.46. The largest absolute Gasteiger partial charge is 0.115 e. The second-order valence-electron chi connectivity index (χ2n) is 5.56. The maximum atomic E-state index is 5.45. The van der Waals surface area contributed by atoms with Gasteiger partial charge in [-0.1, -0.05) is 50.0 Å². The molecule has 0 amide bonds. The Hall–Kier alpha value is -2.44. The number of benzene rings is 2. The molecule has 0 spiro atoms. The van der Waals surface area contributed by atoms with E-state index in [0.29, 0.717) is 11.8 Å². The van der Waals surface area contributed by atoms with Crippen LogP contribution in [0.5, 0.6) is 0 Å². The lowest BCUT2D eigenvalue weighted by Gasteiger charge is -2.26. The van der Waals surface area contributed by atoms with Crippen LogP contribution in [0.25, 0.3) is 0 Å². The molecule has 0 fully saturated rings. The van der Waals surface area contributed by atoms with Crippen LogP contribution in [0.4, 0.5) is 0 Å². The van der Waals surface area contributed by atoms with Crippen molar-refractivity contribution in [3.8, 4) is 24.7 Å². The van der Waals surface area contributed by atoms with Gasteiger partial charge in [-0.05, 0) is 60.1 Å². The van der Waals surface area contributed by atoms with Crippen molar-refractivity contribution < 1.29 is 0 Å². The molecule has 0 aromatic heterocycles. The molecule has 22 heavy (non-hydrogen) atoms. The zero-order valence-electron chi connectivity index (χ0n) is 13.3. The SMILES string of the molecule is C#Cc1ccc(C(CC)C(CC)c2ccc(C#C)cc2)cc1. The maximum absolute atomic E-state index is 5.45. The van der Waals surface area contributed by atoms with Crippen molar-refractivity contribution in [2.75, 3.05) is 0 Å². The van der Waals surface area contributed by atoms with Crippen molar-refractivity contribution in [3.63, 3.8) is 0 Å². The standard InChI is InChI=1S/C22H22/c1-5-17-9-13-19(14-10-17)21(7-3)22(8-4)20-15-11-18(6-2)12-16-20/h1-2,9-16,21-22H,7-8H2,3-4H3. The Morgan fingerprint density at radius 1 is 0.682 bits per heavy atom. The van der Waals surface area contributed by atoms with Gasteiger partial charge in [0.15, 0.2) is 0 Å². The molecule has 0 aliphatic heterocycles. The van der Waals surface area contributed by atoms with Crippen LogP contribution >= 0.6 is 0 Å². The van der Waals surface area contributed by atoms with Gasteiger partial charge in [0.05, 0.1) is 0 Å². The van der Waals surface area contributed by atoms with Gasteiger partial charge in [0.1, 0.15) is 0 Å². The summed E-state index contributed by atoms with van der Waals surface area (Å²) in [5.74, 6) is 6.35. The molecule has 2 rings (SSSR count). The molecular formula is C22H22. The molecule has 110 valence electrons. The van der Waals surface area contributed by atoms with Crippen LogP contribution in [0.1, 0.15) is 60.8 Å². The third kappa shape index (κ3) is 3.41. The van der Waals surface area contributed by atoms with Gasteiger partial charge >= 0.3 is 0 Å². The van der Waals surface area contributed by atoms with Gasteiger partial charge in [-0.15, -0.1) is 12.8 Å². The molecule has 0 saturated heterocycles. The predicted molar refractivity (Wildman–Crippen MR) is 94.8 cm³/mol. The van der Waals surface area contributed by atoms with Crippen molar-refractivity contribution in [1.29, 1.82) is 0 Å². The van der Waals surface area contributed by atoms with Crippen LogP contribution < -0.4 is 0 Å². The van der Waals surface area contributed by atoms with Crippen molar-refractivity contribution in [3.05, 3.63) is 70.8 Å². The van der Waals surface area contributed by atoms with Crippen molar-refractivity contribution in [2.45, 2.75) is 38.5 Å². The van der Waals surface area contributed by atoms with E-state index in [1.807, 2.05) is 24.3 Å². The summed E-state index contributed by atoms with van der Waals surface area (Å²) in [5, 5.41) is 0. The van der Waals surface area contributed by atoms with Crippen molar-refractivity contribution in [1.82, 2.24) is 0 Å². The van der Waals surface area contributed by atoms with E-state index >= 15 is 0 Å². The molecule has 2 atom stereocenters. The van der Waals surface area contributed by atoms with E-state index in [9.17, 15) is 0 Å². The highest BCUT2D eigenvalue weighted by molar-refractivity contribution is 5.39. The Morgan fingerprint density at radius 3 is 1.23 bits per heavy atom. The van der Waals surface area contributed by atoms with E-state index in [1.165, 1.54) is 11.1 Å². The smallest absolute Gasteiger partial charge is 0.0242 e. The predicted octanol–water partition coefficient (Wildman–Crippen LogP) is 5.34. The van der Waals surface area contributed by atoms with Gasteiger partial charge in [-0.2, -0.15) is 0 Å². The molecule has 2 aromatic rings. The van der Waals surface area contributed by atoms with Gasteiger partial charge in [-0.25, -0.2) is 0 Å². The highest BCUT2D eigenvalue weighted by Gasteiger charge is 2.21. The zero-order chi connectivity index (χ0) is 15.9. The maximum Gasteiger partial charge on any atom is 0.0242 e. The van der Waals surface area contributed by atoms with Gasteiger partial charge in [0.25, 0.3) is 0 Å². The number of hydrogen-bond acceptors (Lipinski definition) is 0. The van der Waals surface area contributed by atoms with E-state index in [-0.39, 0.29) is 0 Å². The van der Waals surface area contributed by atoms with E-state index in [0.717, 1.165) is 24.0 Å². The zero-order valence-corrected chi connectivity index (χ0v) is 13.3. The summed E-state index contributed by atoms with van der Waals surface area (Å²) in [6, 6.07) is 16.8. The topological polar surface area (TPSA) is 0 Å². The quantitative estimate of drug-likeness (QED) is 0.651. The molecule has 0 heteroatoms. The highest BCUT2D eigenvalue weighted by Crippen LogP contribution is 2.38. The first-order chi connectivity index (χ1) is 10.7. The lowest BCUT2D eigenvalue weighted by atomic mass is 9.78. The van der Waals surface area contributed by atoms with E-state index in [4.69, 9.17) is 12.8 Å². The minimum Gasteiger partial charge on any atom is -0.115 e. The summed E-state index contributed by atoms with van der Waals surface area (Å²) < 4.78 is 0. The summed E-state index contributed by atoms with van der Waals surface area (Å²) >= 11 is 0. The minimum absolute atomic E-state index is 0.494. The number of hydrogen-bond donors (Lipinski definition) is 0. The second kappa shape index (κ2) is 7.53. The van der Waals surface area contributed by atoms with Crippen LogP contribution in [-0.4, -0.2) is 0 Å². The minimum atomic E-state index is 0.494. The Bertz CT molecular complexity index is 611. The lowest BCUT2D eigenvalue weighted by molar-refractivity contribution is 0.510. The first-order valence-corrected chi connectivity index (χ1v) is 7.86. The molecule has 0 N–H and O–H groups in total. The summed E-state index contributed by atoms with van der Waals surface area (Å²) in [6.45, 7) is 4.50. The fraction of sp³-hybridized carbons (Fsp3) is 0.273. The van der Waals surface area contributed by atoms with Crippen LogP contribution in [-0.2, 0) is 0 Å². The first kappa shape index (κ1) is 15.9. The fourth-order valence-electron chi connectivity index (χ4n) is 3.16. The summed E-state index contributed by atoms with van der Waals surface area (Å²) in [6.07, 6.45) is 13.1. The van der Waals surface area contributed by atoms with Gasteiger partial charge in [0.2, 0.25) is 0 Å². The van der Waals surface area contributed by atoms with Gasteiger partial charge in [-0.3, -0.25) is 0 Å². The molecule has 2 unspecified atom stereocenters. The average molecular weight is 286 g/mol. The normalized spacial score (nSPS) is 12.9. The average Bonchev–Trinajstić information content (AvgIpc) is 2.60. The van der Waals surface area contributed by atoms with Crippen LogP contribution in [0.2, 0.25) is 0 Å². The molecule has 0 bridgehead atoms. The molecule has 0 saturated carbocycles. The third-order valence-corrected chi connectivity index (χ3v) is 4.38. The van der Waals surface area contributed by atoms with Crippen molar-refractivity contribution in [2.24, 2.45) is 0 Å². The Morgan fingerprint density at radius 2 is 1.00 bits per heavy atom. The van der Waals surface area contributed by atoms with Gasteiger partial charge in [0, 0.05) is 11.1 Å². The monoisotopic (exact) mass is 286 g/mol. The van der Waals surface area contributed by atoms with Crippen LogP contribution in [0.3, 0.4) is 0 Å². The highest BCUT2D eigenvalue weighted by atomic mass is 14.3. The summed E-state index contributed by atoms with van der Waals surface area (Å²) in [5.41, 5.74) is 4.58. The fourth-order valence-corrected chi connectivity index (χ4v) is 3.16. The Labute approximate surface area is 134 Å². The Balaban J connectivity index is 2.33. The van der Waals surface area contributed by atoms with E-state index in [1.54, 1.807) is 0 Å². The van der Waals surface area contributed by atoms with Crippen LogP contribution in [0, 0.1) is 24.7 Å². The number of terminal acetylenes is 2. The molecule has 0 aliphatic rings. The van der Waals surface area contributed by atoms with Crippen molar-refractivity contribution >= 4 is 0 Å². The number of rotatable bonds is 5. The molecule has 0 nitrogen and oxygen atoms in total. The van der Waals surface area contributed by atoms with Gasteiger partial charge < -0.3 is 0 Å². The molecule has 0 aliphatic carbocycles. The lowest BCUT2D eigenvalue weighted by Crippen LogP contribution is -2.10. The molecule has 2 aromatic carbocycles. The molecule has 0 heterocycles. The molecular weight excluding hydrogens is 264 g/mol.